The van der Waals surface area contributed by atoms with E-state index in [1.54, 1.807) is 0 Å². The molecule has 2 atom stereocenters. The number of hydrogen-bond donors (Lipinski definition) is 0. The number of hydrogen-bond acceptors (Lipinski definition) is 9. The van der Waals surface area contributed by atoms with Gasteiger partial charge >= 0.3 is 12.7 Å². The Morgan fingerprint density at radius 3 is 2.15 bits per heavy atom. The summed E-state index contributed by atoms with van der Waals surface area (Å²) in [7, 11) is 2.74. The van der Waals surface area contributed by atoms with Crippen molar-refractivity contribution in [3.05, 3.63) is 44.1 Å². The van der Waals surface area contributed by atoms with E-state index in [0.29, 0.717) is 24.0 Å². The molecule has 0 saturated heterocycles. The van der Waals surface area contributed by atoms with Gasteiger partial charge in [0.25, 0.3) is 11.8 Å². The summed E-state index contributed by atoms with van der Waals surface area (Å²) in [6.45, 7) is 4.94. The Morgan fingerprint density at radius 2 is 1.65 bits per heavy atom. The SMILES string of the molecule is CC(C)=CC1C(C(=O)OCN2C(=O)C3=C(CCCC3)C2=O)C1(C)C.COP(=S)(OC)Oc1nc(Cl)c(Cl)cc1Cl. The van der Waals surface area contributed by atoms with E-state index >= 15 is 0 Å². The van der Waals surface area contributed by atoms with Crippen LogP contribution in [-0.2, 0) is 40.0 Å². The summed E-state index contributed by atoms with van der Waals surface area (Å²) < 4.78 is 20.4. The number of nitrogens with zero attached hydrogens (tertiary/aromatic N) is 2. The van der Waals surface area contributed by atoms with Crippen LogP contribution in [0.15, 0.2) is 28.9 Å². The number of pyridine rings is 1. The minimum absolute atomic E-state index is 0.0306. The fourth-order valence-corrected chi connectivity index (χ4v) is 6.12. The van der Waals surface area contributed by atoms with Crippen molar-refractivity contribution in [2.75, 3.05) is 21.0 Å². The van der Waals surface area contributed by atoms with Crippen molar-refractivity contribution in [2.45, 2.75) is 53.4 Å². The van der Waals surface area contributed by atoms with Gasteiger partial charge in [-0.2, -0.15) is 4.98 Å². The van der Waals surface area contributed by atoms with Crippen LogP contribution >= 0.6 is 41.5 Å². The first kappa shape index (κ1) is 33.0. The van der Waals surface area contributed by atoms with Gasteiger partial charge in [0.15, 0.2) is 11.9 Å². The maximum Gasteiger partial charge on any atom is 0.381 e. The molecule has 14 heteroatoms. The average molecular weight is 654 g/mol. The highest BCUT2D eigenvalue weighted by molar-refractivity contribution is 8.07. The van der Waals surface area contributed by atoms with E-state index < -0.39 is 6.72 Å². The largest absolute Gasteiger partial charge is 0.443 e. The maximum atomic E-state index is 12.4. The number of rotatable bonds is 8. The van der Waals surface area contributed by atoms with Crippen LogP contribution in [-0.4, -0.2) is 48.6 Å². The van der Waals surface area contributed by atoms with Gasteiger partial charge in [-0.05, 0) is 56.9 Å². The van der Waals surface area contributed by atoms with Crippen LogP contribution in [0.2, 0.25) is 15.2 Å². The number of amides is 2. The number of allylic oxidation sites excluding steroid dienone is 2. The number of aromatic nitrogens is 1. The molecule has 1 fully saturated rings. The number of imide groups is 1. The van der Waals surface area contributed by atoms with Gasteiger partial charge in [0.2, 0.25) is 5.88 Å². The molecule has 2 unspecified atom stereocenters. The van der Waals surface area contributed by atoms with Gasteiger partial charge in [-0.1, -0.05) is 60.3 Å². The van der Waals surface area contributed by atoms with Gasteiger partial charge in [-0.25, -0.2) is 4.90 Å². The molecular formula is C26H32Cl3N2O7PS. The Balaban J connectivity index is 0.000000241. The summed E-state index contributed by atoms with van der Waals surface area (Å²) in [5, 5.41) is 0.467. The van der Waals surface area contributed by atoms with Crippen LogP contribution in [0.1, 0.15) is 53.4 Å². The summed E-state index contributed by atoms with van der Waals surface area (Å²) in [4.78, 5) is 42.0. The quantitative estimate of drug-likeness (QED) is 0.0974. The molecule has 40 heavy (non-hydrogen) atoms. The first-order valence-corrected chi connectivity index (χ1v) is 16.2. The predicted molar refractivity (Wildman–Crippen MR) is 157 cm³/mol. The number of halogens is 3. The highest BCUT2D eigenvalue weighted by Crippen LogP contribution is 2.59. The molecule has 2 amide bonds. The van der Waals surface area contributed by atoms with E-state index in [1.807, 2.05) is 27.7 Å². The Hall–Kier alpha value is -1.52. The summed E-state index contributed by atoms with van der Waals surface area (Å²) in [5.41, 5.74) is 2.28. The number of carbonyl (C=O) groups excluding carboxylic acids is 3. The van der Waals surface area contributed by atoms with Crippen LogP contribution in [0.25, 0.3) is 0 Å². The maximum absolute atomic E-state index is 12.4. The molecule has 0 aromatic carbocycles. The van der Waals surface area contributed by atoms with E-state index in [1.165, 1.54) is 25.9 Å². The van der Waals surface area contributed by atoms with E-state index in [0.717, 1.165) is 17.7 Å². The van der Waals surface area contributed by atoms with Crippen molar-refractivity contribution in [3.8, 4) is 5.88 Å². The van der Waals surface area contributed by atoms with Gasteiger partial charge < -0.3 is 18.3 Å². The van der Waals surface area contributed by atoms with E-state index in [-0.39, 0.29) is 62.8 Å². The molecule has 2 aliphatic carbocycles. The van der Waals surface area contributed by atoms with Gasteiger partial charge in [0.1, 0.15) is 5.02 Å². The van der Waals surface area contributed by atoms with Gasteiger partial charge in [0.05, 0.1) is 10.9 Å². The summed E-state index contributed by atoms with van der Waals surface area (Å²) in [5.74, 6) is -0.901. The molecule has 3 aliphatic rings. The molecule has 0 spiro atoms. The molecule has 220 valence electrons. The minimum atomic E-state index is -2.88. The zero-order chi connectivity index (χ0) is 30.0. The van der Waals surface area contributed by atoms with Crippen molar-refractivity contribution in [1.29, 1.82) is 0 Å². The molecule has 2 heterocycles. The lowest BCUT2D eigenvalue weighted by Gasteiger charge is -2.18. The zero-order valence-corrected chi connectivity index (χ0v) is 27.1. The molecule has 0 bridgehead atoms. The second-order valence-corrected chi connectivity index (χ2v) is 14.6. The third-order valence-electron chi connectivity index (χ3n) is 6.99. The lowest BCUT2D eigenvalue weighted by atomic mass is 9.93. The number of esters is 1. The third-order valence-corrected chi connectivity index (χ3v) is 10.3. The second kappa shape index (κ2) is 13.2. The predicted octanol–water partition coefficient (Wildman–Crippen LogP) is 6.90. The molecular weight excluding hydrogens is 622 g/mol. The average Bonchev–Trinajstić information content (AvgIpc) is 3.35. The molecule has 1 saturated carbocycles. The van der Waals surface area contributed by atoms with Gasteiger partial charge in [0, 0.05) is 37.2 Å². The zero-order valence-electron chi connectivity index (χ0n) is 23.1. The third kappa shape index (κ3) is 7.27. The van der Waals surface area contributed by atoms with Gasteiger partial charge in [-0.15, -0.1) is 0 Å². The summed E-state index contributed by atoms with van der Waals surface area (Å²) in [6, 6.07) is 1.40. The Labute approximate surface area is 254 Å². The standard InChI is InChI=1S/C19H25NO4.C7H7Cl3NO3PS/c1-11(2)9-14-15(19(14,3)4)18(23)24-10-20-16(21)12-7-5-6-8-13(12)17(20)22;1-12-15(16,13-2)14-7-5(9)3-4(8)6(10)11-7/h9,14-15H,5-8,10H2,1-4H3;3H,1-2H3. The van der Waals surface area contributed by atoms with E-state index in [2.05, 4.69) is 11.1 Å². The molecule has 1 aliphatic heterocycles. The molecule has 4 rings (SSSR count). The summed E-state index contributed by atoms with van der Waals surface area (Å²) >= 11 is 22.3. The van der Waals surface area contributed by atoms with Crippen molar-refractivity contribution in [1.82, 2.24) is 9.88 Å². The fourth-order valence-electron chi connectivity index (χ4n) is 4.68. The van der Waals surface area contributed by atoms with Crippen LogP contribution in [0, 0.1) is 17.3 Å². The fraction of sp³-hybridized carbons (Fsp3) is 0.538. The molecule has 1 aromatic heterocycles. The van der Waals surface area contributed by atoms with Gasteiger partial charge in [-0.3, -0.25) is 14.4 Å². The lowest BCUT2D eigenvalue weighted by Crippen LogP contribution is -2.35. The monoisotopic (exact) mass is 652 g/mol. The number of carbonyl (C=O) groups is 3. The Morgan fingerprint density at radius 1 is 1.10 bits per heavy atom. The highest BCUT2D eigenvalue weighted by Gasteiger charge is 2.61. The number of ether oxygens (including phenoxy) is 1. The molecule has 0 radical (unpaired) electrons. The van der Waals surface area contributed by atoms with Crippen molar-refractivity contribution in [2.24, 2.45) is 17.3 Å². The smallest absolute Gasteiger partial charge is 0.381 e. The van der Waals surface area contributed by atoms with Crippen LogP contribution in [0.3, 0.4) is 0 Å². The first-order chi connectivity index (χ1) is 18.7. The molecule has 9 nitrogen and oxygen atoms in total. The Kier molecular flexibility index (Phi) is 10.9. The van der Waals surface area contributed by atoms with Crippen molar-refractivity contribution < 1.29 is 32.7 Å². The van der Waals surface area contributed by atoms with Crippen molar-refractivity contribution >= 4 is 71.1 Å². The molecule has 0 N–H and O–H groups in total. The topological polar surface area (TPSA) is 104 Å². The van der Waals surface area contributed by atoms with E-state index in [4.69, 9.17) is 64.9 Å². The first-order valence-electron chi connectivity index (χ1n) is 12.5. The Bertz CT molecular complexity index is 1280. The summed E-state index contributed by atoms with van der Waals surface area (Å²) in [6.07, 6.45) is 5.28. The molecule has 1 aromatic rings. The lowest BCUT2D eigenvalue weighted by molar-refractivity contribution is -0.156. The van der Waals surface area contributed by atoms with E-state index in [9.17, 15) is 14.4 Å². The highest BCUT2D eigenvalue weighted by atomic mass is 35.5. The second-order valence-electron chi connectivity index (χ2n) is 10.3. The van der Waals surface area contributed by atoms with Crippen LogP contribution in [0.4, 0.5) is 0 Å². The van der Waals surface area contributed by atoms with Crippen LogP contribution in [0.5, 0.6) is 5.88 Å². The van der Waals surface area contributed by atoms with Crippen molar-refractivity contribution in [3.63, 3.8) is 0 Å². The van der Waals surface area contributed by atoms with Crippen LogP contribution < -0.4 is 4.52 Å². The minimum Gasteiger partial charge on any atom is -0.443 e. The normalized spacial score (nSPS) is 21.4.